The Hall–Kier alpha value is -0.440. The maximum Gasteiger partial charge on any atom is 0.343 e. The smallest absolute Gasteiger partial charge is 0.343 e. The summed E-state index contributed by atoms with van der Waals surface area (Å²) in [4.78, 5) is 0. The van der Waals surface area contributed by atoms with E-state index in [4.69, 9.17) is 0 Å². The Labute approximate surface area is 105 Å². The first-order valence-corrected chi connectivity index (χ1v) is 4.97. The van der Waals surface area contributed by atoms with Gasteiger partial charge in [-0.25, -0.2) is 0 Å². The van der Waals surface area contributed by atoms with Gasteiger partial charge >= 0.3 is 17.9 Å². The molecule has 2 heterocycles. The third kappa shape index (κ3) is 1.20. The second kappa shape index (κ2) is 3.24. The van der Waals surface area contributed by atoms with Crippen LogP contribution in [0.25, 0.3) is 0 Å². The van der Waals surface area contributed by atoms with Gasteiger partial charge in [0.1, 0.15) is 0 Å². The molecule has 2 rings (SSSR count). The maximum absolute atomic E-state index is 10.2. The average molecular weight is 286 g/mol. The highest BCUT2D eigenvalue weighted by Gasteiger charge is 2.95. The van der Waals surface area contributed by atoms with Crippen molar-refractivity contribution in [3.8, 4) is 0 Å². The molecule has 0 aromatic heterocycles. The van der Waals surface area contributed by atoms with Gasteiger partial charge in [-0.15, -0.1) is 0 Å². The fourth-order valence-corrected chi connectivity index (χ4v) is 2.33. The van der Waals surface area contributed by atoms with Gasteiger partial charge in [-0.05, 0) is 6.92 Å². The molecule has 2 fully saturated rings. The molecule has 2 aliphatic rings. The summed E-state index contributed by atoms with van der Waals surface area (Å²) in [6, 6.07) is 0. The van der Waals surface area contributed by atoms with Crippen LogP contribution in [-0.4, -0.2) is 82.9 Å². The van der Waals surface area contributed by atoms with Crippen molar-refractivity contribution in [2.45, 2.75) is 41.8 Å². The monoisotopic (exact) mass is 286 g/mol. The average Bonchev–Trinajstić information content (AvgIpc) is 2.40. The molecule has 3 atom stereocenters. The number of methoxy groups -OCH3 is 1. The van der Waals surface area contributed by atoms with E-state index in [-0.39, 0.29) is 0 Å². The van der Waals surface area contributed by atoms with Gasteiger partial charge < -0.3 is 45.6 Å². The van der Waals surface area contributed by atoms with E-state index >= 15 is 0 Å². The molecule has 19 heavy (non-hydrogen) atoms. The molecule has 11 nitrogen and oxygen atoms in total. The fraction of sp³-hybridized carbons (Fsp3) is 1.00. The minimum absolute atomic E-state index is 0.705. The predicted octanol–water partition coefficient (Wildman–Crippen LogP) is -5.21. The van der Waals surface area contributed by atoms with Crippen LogP contribution in [0.1, 0.15) is 6.92 Å². The topological polar surface area (TPSA) is 190 Å². The normalized spacial score (nSPS) is 50.2. The molecule has 0 aromatic rings. The van der Waals surface area contributed by atoms with Gasteiger partial charge in [-0.2, -0.15) is 0 Å². The Kier molecular flexibility index (Phi) is 2.55. The highest BCUT2D eigenvalue weighted by Crippen LogP contribution is 2.62. The van der Waals surface area contributed by atoms with Crippen molar-refractivity contribution in [1.29, 1.82) is 0 Å². The number of ether oxygens (including phenoxy) is 3. The third-order valence-corrected chi connectivity index (χ3v) is 3.70. The molecule has 0 bridgehead atoms. The van der Waals surface area contributed by atoms with E-state index in [1.165, 1.54) is 0 Å². The number of hydrogen-bond acceptors (Lipinski definition) is 11. The Bertz CT molecular complexity index is 419. The summed E-state index contributed by atoms with van der Waals surface area (Å²) in [6.45, 7) is 0.705. The standard InChI is InChI=1S/C8H14O11/c1-3(17-2)4(9)5(10,11)7(14,15)19-8(4,16)18-6(3,12)13/h9-16H,1-2H3. The fourth-order valence-electron chi connectivity index (χ4n) is 2.33. The lowest BCUT2D eigenvalue weighted by molar-refractivity contribution is -0.518. The first kappa shape index (κ1) is 15.0. The Balaban J connectivity index is 2.75. The van der Waals surface area contributed by atoms with Gasteiger partial charge in [0.05, 0.1) is 0 Å². The van der Waals surface area contributed by atoms with Gasteiger partial charge in [0, 0.05) is 7.11 Å². The van der Waals surface area contributed by atoms with E-state index in [0.29, 0.717) is 6.92 Å². The zero-order chi connectivity index (χ0) is 15.1. The van der Waals surface area contributed by atoms with Crippen molar-refractivity contribution >= 4 is 0 Å². The molecule has 0 aromatic carbocycles. The van der Waals surface area contributed by atoms with E-state index in [1.54, 1.807) is 0 Å². The lowest BCUT2D eigenvalue weighted by Crippen LogP contribution is -2.76. The minimum Gasteiger partial charge on any atom is -0.374 e. The van der Waals surface area contributed by atoms with E-state index in [9.17, 15) is 40.9 Å². The highest BCUT2D eigenvalue weighted by molar-refractivity contribution is 5.24. The summed E-state index contributed by atoms with van der Waals surface area (Å²) in [5, 5.41) is 77.1. The van der Waals surface area contributed by atoms with Crippen molar-refractivity contribution < 1.29 is 55.1 Å². The van der Waals surface area contributed by atoms with E-state index in [1.807, 2.05) is 0 Å². The molecule has 11 heteroatoms. The Morgan fingerprint density at radius 1 is 0.789 bits per heavy atom. The molecule has 0 amide bonds. The SMILES string of the molecule is COC1(C)C(O)(O)OC2(O)OC(O)(O)C(O)(O)C21O. The van der Waals surface area contributed by atoms with Crippen LogP contribution in [-0.2, 0) is 14.2 Å². The number of hydrogen-bond donors (Lipinski definition) is 8. The van der Waals surface area contributed by atoms with Crippen LogP contribution in [0.3, 0.4) is 0 Å². The molecular formula is C8H14O11. The van der Waals surface area contributed by atoms with Crippen LogP contribution in [0.5, 0.6) is 0 Å². The van der Waals surface area contributed by atoms with Crippen molar-refractivity contribution in [1.82, 2.24) is 0 Å². The van der Waals surface area contributed by atoms with Gasteiger partial charge in [0.2, 0.25) is 5.60 Å². The molecule has 0 radical (unpaired) electrons. The summed E-state index contributed by atoms with van der Waals surface area (Å²) in [5.74, 6) is -14.9. The van der Waals surface area contributed by atoms with Crippen molar-refractivity contribution in [2.75, 3.05) is 7.11 Å². The van der Waals surface area contributed by atoms with Crippen LogP contribution >= 0.6 is 0 Å². The van der Waals surface area contributed by atoms with Crippen molar-refractivity contribution in [3.05, 3.63) is 0 Å². The van der Waals surface area contributed by atoms with Crippen molar-refractivity contribution in [2.24, 2.45) is 0 Å². The molecule has 0 saturated carbocycles. The van der Waals surface area contributed by atoms with E-state index in [2.05, 4.69) is 14.2 Å². The van der Waals surface area contributed by atoms with Gasteiger partial charge in [-0.3, -0.25) is 9.47 Å². The molecule has 0 aliphatic carbocycles. The first-order chi connectivity index (χ1) is 8.22. The molecule has 2 aliphatic heterocycles. The minimum atomic E-state index is -3.99. The van der Waals surface area contributed by atoms with Crippen LogP contribution in [0.4, 0.5) is 0 Å². The zero-order valence-corrected chi connectivity index (χ0v) is 9.80. The van der Waals surface area contributed by atoms with E-state index < -0.39 is 34.9 Å². The molecule has 112 valence electrons. The molecular weight excluding hydrogens is 272 g/mol. The molecule has 3 unspecified atom stereocenters. The number of fused-ring (bicyclic) bond motifs is 1. The Morgan fingerprint density at radius 2 is 1.21 bits per heavy atom. The van der Waals surface area contributed by atoms with Gasteiger partial charge in [0.15, 0.2) is 5.60 Å². The number of rotatable bonds is 1. The lowest BCUT2D eigenvalue weighted by atomic mass is 9.76. The predicted molar refractivity (Wildman–Crippen MR) is 49.0 cm³/mol. The maximum atomic E-state index is 10.2. The van der Waals surface area contributed by atoms with Crippen molar-refractivity contribution in [3.63, 3.8) is 0 Å². The zero-order valence-electron chi connectivity index (χ0n) is 9.80. The summed E-state index contributed by atoms with van der Waals surface area (Å²) in [5.41, 5.74) is -6.42. The van der Waals surface area contributed by atoms with Crippen LogP contribution in [0.2, 0.25) is 0 Å². The van der Waals surface area contributed by atoms with Crippen LogP contribution in [0.15, 0.2) is 0 Å². The second-order valence-corrected chi connectivity index (χ2v) is 4.62. The first-order valence-electron chi connectivity index (χ1n) is 4.97. The molecule has 8 N–H and O–H groups in total. The highest BCUT2D eigenvalue weighted by atomic mass is 17.0. The summed E-state index contributed by atoms with van der Waals surface area (Å²) in [7, 11) is 0.805. The third-order valence-electron chi connectivity index (χ3n) is 3.70. The van der Waals surface area contributed by atoms with Crippen LogP contribution in [0, 0.1) is 0 Å². The molecule has 0 spiro atoms. The number of aliphatic hydroxyl groups is 8. The van der Waals surface area contributed by atoms with E-state index in [0.717, 1.165) is 7.11 Å². The largest absolute Gasteiger partial charge is 0.374 e. The second-order valence-electron chi connectivity index (χ2n) is 4.62. The molecule has 2 saturated heterocycles. The summed E-state index contributed by atoms with van der Waals surface area (Å²) in [6.07, 6.45) is 0. The quantitative estimate of drug-likeness (QED) is 0.215. The van der Waals surface area contributed by atoms with Gasteiger partial charge in [0.25, 0.3) is 5.79 Å². The summed E-state index contributed by atoms with van der Waals surface area (Å²) < 4.78 is 12.7. The van der Waals surface area contributed by atoms with Gasteiger partial charge in [-0.1, -0.05) is 0 Å². The van der Waals surface area contributed by atoms with Crippen LogP contribution < -0.4 is 0 Å². The summed E-state index contributed by atoms with van der Waals surface area (Å²) >= 11 is 0. The Morgan fingerprint density at radius 3 is 1.63 bits per heavy atom. The lowest BCUT2D eigenvalue weighted by Gasteiger charge is -2.44.